The lowest BCUT2D eigenvalue weighted by atomic mass is 10.1. The highest BCUT2D eigenvalue weighted by atomic mass is 19.1. The molecule has 1 aromatic carbocycles. The van der Waals surface area contributed by atoms with E-state index in [0.717, 1.165) is 27.9 Å². The summed E-state index contributed by atoms with van der Waals surface area (Å²) in [6, 6.07) is 7.06. The Morgan fingerprint density at radius 2 is 2.13 bits per heavy atom. The van der Waals surface area contributed by atoms with Gasteiger partial charge in [-0.15, -0.1) is 0 Å². The third-order valence-electron chi connectivity index (χ3n) is 3.95. The standard InChI is InChI=1S/C17H14FN5/c1-3-13-4-5-17-19-10-14(23(17)21-13)7-11-6-12-9-20-22(2)16(12)8-15(11)18/h3-6,8-10H,1,7H2,2H3. The minimum atomic E-state index is -0.254. The maximum Gasteiger partial charge on any atom is 0.153 e. The molecule has 0 saturated carbocycles. The van der Waals surface area contributed by atoms with Crippen molar-refractivity contribution in [2.45, 2.75) is 6.42 Å². The number of aryl methyl sites for hydroxylation is 1. The Morgan fingerprint density at radius 3 is 2.96 bits per heavy atom. The molecule has 3 aromatic heterocycles. The van der Waals surface area contributed by atoms with Crippen molar-refractivity contribution in [2.24, 2.45) is 7.05 Å². The summed E-state index contributed by atoms with van der Waals surface area (Å²) in [6.45, 7) is 3.72. The van der Waals surface area contributed by atoms with E-state index in [1.807, 2.05) is 18.2 Å². The van der Waals surface area contributed by atoms with E-state index in [-0.39, 0.29) is 5.82 Å². The number of rotatable bonds is 3. The molecule has 0 atom stereocenters. The molecule has 0 saturated heterocycles. The Hall–Kier alpha value is -3.02. The first-order chi connectivity index (χ1) is 11.2. The fourth-order valence-corrected chi connectivity index (χ4v) is 2.72. The van der Waals surface area contributed by atoms with E-state index >= 15 is 0 Å². The van der Waals surface area contributed by atoms with Crippen LogP contribution in [0.2, 0.25) is 0 Å². The summed E-state index contributed by atoms with van der Waals surface area (Å²) in [5.41, 5.74) is 3.67. The van der Waals surface area contributed by atoms with Crippen molar-refractivity contribution in [2.75, 3.05) is 0 Å². The highest BCUT2D eigenvalue weighted by molar-refractivity contribution is 5.79. The second-order valence-corrected chi connectivity index (χ2v) is 5.43. The van der Waals surface area contributed by atoms with Crippen molar-refractivity contribution in [3.63, 3.8) is 0 Å². The van der Waals surface area contributed by atoms with Gasteiger partial charge in [-0.1, -0.05) is 6.58 Å². The topological polar surface area (TPSA) is 48.0 Å². The van der Waals surface area contributed by atoms with Gasteiger partial charge in [-0.25, -0.2) is 13.9 Å². The van der Waals surface area contributed by atoms with Gasteiger partial charge in [0.1, 0.15) is 5.82 Å². The van der Waals surface area contributed by atoms with Gasteiger partial charge in [0.15, 0.2) is 5.65 Å². The molecule has 0 N–H and O–H groups in total. The SMILES string of the molecule is C=Cc1ccc2ncc(Cc3cc4cnn(C)c4cc3F)n2n1. The van der Waals surface area contributed by atoms with Crippen LogP contribution in [0.5, 0.6) is 0 Å². The van der Waals surface area contributed by atoms with Gasteiger partial charge in [-0.05, 0) is 29.8 Å². The number of aromatic nitrogens is 5. The fourth-order valence-electron chi connectivity index (χ4n) is 2.72. The van der Waals surface area contributed by atoms with E-state index in [1.54, 1.807) is 34.7 Å². The van der Waals surface area contributed by atoms with Gasteiger partial charge in [-0.2, -0.15) is 10.2 Å². The summed E-state index contributed by atoms with van der Waals surface area (Å²) < 4.78 is 17.8. The molecule has 114 valence electrons. The van der Waals surface area contributed by atoms with Crippen LogP contribution >= 0.6 is 0 Å². The highest BCUT2D eigenvalue weighted by Gasteiger charge is 2.12. The summed E-state index contributed by atoms with van der Waals surface area (Å²) in [6.07, 6.45) is 5.54. The summed E-state index contributed by atoms with van der Waals surface area (Å²) in [5, 5.41) is 9.51. The monoisotopic (exact) mass is 307 g/mol. The third-order valence-corrected chi connectivity index (χ3v) is 3.95. The van der Waals surface area contributed by atoms with Crippen LogP contribution in [0.25, 0.3) is 22.6 Å². The molecular weight excluding hydrogens is 293 g/mol. The van der Waals surface area contributed by atoms with Crippen LogP contribution < -0.4 is 0 Å². The number of hydrogen-bond donors (Lipinski definition) is 0. The van der Waals surface area contributed by atoms with Gasteiger partial charge >= 0.3 is 0 Å². The van der Waals surface area contributed by atoms with E-state index in [2.05, 4.69) is 21.8 Å². The van der Waals surface area contributed by atoms with E-state index < -0.39 is 0 Å². The maximum atomic E-state index is 14.4. The first-order valence-corrected chi connectivity index (χ1v) is 7.22. The zero-order valence-corrected chi connectivity index (χ0v) is 12.6. The largest absolute Gasteiger partial charge is 0.268 e. The van der Waals surface area contributed by atoms with Crippen LogP contribution in [0.3, 0.4) is 0 Å². The highest BCUT2D eigenvalue weighted by Crippen LogP contribution is 2.21. The van der Waals surface area contributed by atoms with Gasteiger partial charge in [0.05, 0.1) is 29.3 Å². The summed E-state index contributed by atoms with van der Waals surface area (Å²) >= 11 is 0. The number of fused-ring (bicyclic) bond motifs is 2. The average Bonchev–Trinajstić information content (AvgIpc) is 3.12. The zero-order chi connectivity index (χ0) is 16.0. The maximum absolute atomic E-state index is 14.4. The van der Waals surface area contributed by atoms with E-state index in [9.17, 15) is 4.39 Å². The Bertz CT molecular complexity index is 1040. The molecule has 0 unspecified atom stereocenters. The van der Waals surface area contributed by atoms with Crippen molar-refractivity contribution >= 4 is 22.6 Å². The smallest absolute Gasteiger partial charge is 0.153 e. The number of imidazole rings is 1. The molecule has 23 heavy (non-hydrogen) atoms. The molecule has 0 amide bonds. The fraction of sp³-hybridized carbons (Fsp3) is 0.118. The van der Waals surface area contributed by atoms with Gasteiger partial charge < -0.3 is 0 Å². The lowest BCUT2D eigenvalue weighted by Crippen LogP contribution is -2.01. The van der Waals surface area contributed by atoms with Crippen LogP contribution in [-0.4, -0.2) is 24.4 Å². The molecule has 0 aliphatic heterocycles. The lowest BCUT2D eigenvalue weighted by molar-refractivity contribution is 0.613. The second-order valence-electron chi connectivity index (χ2n) is 5.43. The van der Waals surface area contributed by atoms with Gasteiger partial charge in [0.25, 0.3) is 0 Å². The van der Waals surface area contributed by atoms with E-state index in [0.29, 0.717) is 12.0 Å². The minimum absolute atomic E-state index is 0.254. The zero-order valence-electron chi connectivity index (χ0n) is 12.6. The Kier molecular flexibility index (Phi) is 2.97. The molecule has 0 aliphatic carbocycles. The number of benzene rings is 1. The van der Waals surface area contributed by atoms with E-state index in [4.69, 9.17) is 0 Å². The second kappa shape index (κ2) is 5.01. The number of halogens is 1. The molecule has 4 rings (SSSR count). The van der Waals surface area contributed by atoms with Crippen LogP contribution in [0, 0.1) is 5.82 Å². The van der Waals surface area contributed by atoms with Crippen molar-refractivity contribution in [1.82, 2.24) is 24.4 Å². The van der Waals surface area contributed by atoms with Crippen molar-refractivity contribution in [3.05, 3.63) is 66.0 Å². The Morgan fingerprint density at radius 1 is 1.26 bits per heavy atom. The molecular formula is C17H14FN5. The van der Waals surface area contributed by atoms with Gasteiger partial charge in [0.2, 0.25) is 0 Å². The molecule has 3 heterocycles. The van der Waals surface area contributed by atoms with Crippen LogP contribution in [0.4, 0.5) is 4.39 Å². The van der Waals surface area contributed by atoms with Crippen molar-refractivity contribution < 1.29 is 4.39 Å². The normalized spacial score (nSPS) is 11.4. The molecule has 0 bridgehead atoms. The lowest BCUT2D eigenvalue weighted by Gasteiger charge is -2.05. The molecule has 0 aliphatic rings. The molecule has 0 fully saturated rings. The minimum Gasteiger partial charge on any atom is -0.268 e. The first-order valence-electron chi connectivity index (χ1n) is 7.22. The first kappa shape index (κ1) is 13.6. The van der Waals surface area contributed by atoms with Crippen molar-refractivity contribution in [3.8, 4) is 0 Å². The van der Waals surface area contributed by atoms with Crippen LogP contribution in [0.1, 0.15) is 17.0 Å². The molecule has 6 heteroatoms. The quantitative estimate of drug-likeness (QED) is 0.584. The Balaban J connectivity index is 1.81. The van der Waals surface area contributed by atoms with Crippen molar-refractivity contribution in [1.29, 1.82) is 0 Å². The molecule has 5 nitrogen and oxygen atoms in total. The van der Waals surface area contributed by atoms with Crippen LogP contribution in [0.15, 0.2) is 43.2 Å². The summed E-state index contributed by atoms with van der Waals surface area (Å²) in [4.78, 5) is 4.31. The molecule has 0 radical (unpaired) electrons. The molecule has 4 aromatic rings. The van der Waals surface area contributed by atoms with Crippen LogP contribution in [-0.2, 0) is 13.5 Å². The predicted molar refractivity (Wildman–Crippen MR) is 86.6 cm³/mol. The summed E-state index contributed by atoms with van der Waals surface area (Å²) in [7, 11) is 1.80. The third kappa shape index (κ3) is 2.19. The number of hydrogen-bond acceptors (Lipinski definition) is 3. The van der Waals surface area contributed by atoms with E-state index in [1.165, 1.54) is 6.07 Å². The Labute approximate surface area is 131 Å². The predicted octanol–water partition coefficient (Wildman–Crippen LogP) is 2.99. The summed E-state index contributed by atoms with van der Waals surface area (Å²) in [5.74, 6) is -0.254. The van der Waals surface area contributed by atoms with Gasteiger partial charge in [0, 0.05) is 24.9 Å². The molecule has 0 spiro atoms. The average molecular weight is 307 g/mol. The number of nitrogens with zero attached hydrogens (tertiary/aromatic N) is 5. The van der Waals surface area contributed by atoms with Gasteiger partial charge in [-0.3, -0.25) is 4.68 Å².